The Morgan fingerprint density at radius 3 is 1.49 bits per heavy atom. The SMILES string of the molecule is C=CC(=O)OCCCOc1ccc(C(=O)Oc2ccc(OC(=O)c3ccc(OCCCOC(=O)C=C)c(C(C)CCCOC(=O)C=C)c3)cc2C=N)cc1OCCCOC(=O)C=C. The molecule has 0 aromatic heterocycles. The van der Waals surface area contributed by atoms with Crippen LogP contribution < -0.4 is 23.7 Å². The van der Waals surface area contributed by atoms with Crippen LogP contribution in [0.25, 0.3) is 0 Å². The second-order valence-corrected chi connectivity index (χ2v) is 13.2. The molecular formula is C47H51NO15. The zero-order chi connectivity index (χ0) is 46.0. The van der Waals surface area contributed by atoms with Crippen LogP contribution in [0.1, 0.15) is 76.8 Å². The molecule has 0 aliphatic heterocycles. The standard InChI is InChI=1S/C47H51NO15/c1-6-42(49)58-21-10-14-32(5)37-29-33(15-18-39(37)55-22-11-25-59-43(50)7-2)46(53)62-36-17-20-38(35(28-36)31-48)63-47(54)34-16-19-40(56-23-12-26-60-44(51)8-3)41(30-34)57-24-13-27-61-45(52)9-4/h6-9,15-20,28-32,48H,1-4,10-14,21-27H2,5H3. The molecule has 0 aliphatic carbocycles. The van der Waals surface area contributed by atoms with Gasteiger partial charge >= 0.3 is 35.8 Å². The highest BCUT2D eigenvalue weighted by atomic mass is 16.6. The third-order valence-corrected chi connectivity index (χ3v) is 8.57. The van der Waals surface area contributed by atoms with E-state index in [1.807, 2.05) is 6.92 Å². The highest BCUT2D eigenvalue weighted by Crippen LogP contribution is 2.33. The van der Waals surface area contributed by atoms with Gasteiger partial charge in [0.05, 0.1) is 57.4 Å². The highest BCUT2D eigenvalue weighted by molar-refractivity contribution is 5.94. The van der Waals surface area contributed by atoms with Gasteiger partial charge in [-0.3, -0.25) is 0 Å². The van der Waals surface area contributed by atoms with Gasteiger partial charge in [-0.15, -0.1) is 0 Å². The summed E-state index contributed by atoms with van der Waals surface area (Å²) in [5.41, 5.74) is 1.10. The molecular weight excluding hydrogens is 819 g/mol. The van der Waals surface area contributed by atoms with Crippen LogP contribution in [-0.2, 0) is 38.1 Å². The van der Waals surface area contributed by atoms with Crippen LogP contribution in [0, 0.1) is 5.41 Å². The summed E-state index contributed by atoms with van der Waals surface area (Å²) >= 11 is 0. The summed E-state index contributed by atoms with van der Waals surface area (Å²) < 4.78 is 49.0. The van der Waals surface area contributed by atoms with E-state index in [2.05, 4.69) is 26.3 Å². The van der Waals surface area contributed by atoms with Gasteiger partial charge in [-0.05, 0) is 78.9 Å². The fourth-order valence-electron chi connectivity index (χ4n) is 5.37. The lowest BCUT2D eigenvalue weighted by atomic mass is 9.94. The molecule has 0 saturated heterocycles. The van der Waals surface area contributed by atoms with Crippen LogP contribution in [0.3, 0.4) is 0 Å². The summed E-state index contributed by atoms with van der Waals surface area (Å²) in [5, 5.41) is 7.99. The van der Waals surface area contributed by atoms with E-state index in [1.54, 1.807) is 12.1 Å². The summed E-state index contributed by atoms with van der Waals surface area (Å²) in [6.45, 7) is 16.3. The van der Waals surface area contributed by atoms with Crippen molar-refractivity contribution in [1.29, 1.82) is 5.41 Å². The molecule has 3 rings (SSSR count). The Labute approximate surface area is 365 Å². The Bertz CT molecular complexity index is 2120. The van der Waals surface area contributed by atoms with Gasteiger partial charge in [0.25, 0.3) is 0 Å². The summed E-state index contributed by atoms with van der Waals surface area (Å²) in [6, 6.07) is 13.4. The second kappa shape index (κ2) is 27.4. The molecule has 1 unspecified atom stereocenters. The van der Waals surface area contributed by atoms with Crippen molar-refractivity contribution >= 4 is 42.0 Å². The van der Waals surface area contributed by atoms with E-state index in [9.17, 15) is 28.8 Å². The predicted molar refractivity (Wildman–Crippen MR) is 230 cm³/mol. The van der Waals surface area contributed by atoms with Crippen LogP contribution in [-0.4, -0.2) is 88.3 Å². The predicted octanol–water partition coefficient (Wildman–Crippen LogP) is 7.23. The zero-order valence-electron chi connectivity index (χ0n) is 35.1. The molecule has 63 heavy (non-hydrogen) atoms. The minimum absolute atomic E-state index is 0.00587. The lowest BCUT2D eigenvalue weighted by Crippen LogP contribution is -2.13. The van der Waals surface area contributed by atoms with Crippen molar-refractivity contribution in [3.8, 4) is 28.7 Å². The van der Waals surface area contributed by atoms with Crippen molar-refractivity contribution in [2.24, 2.45) is 0 Å². The van der Waals surface area contributed by atoms with Crippen LogP contribution >= 0.6 is 0 Å². The van der Waals surface area contributed by atoms with E-state index in [0.717, 1.165) is 30.5 Å². The van der Waals surface area contributed by atoms with Gasteiger partial charge in [-0.1, -0.05) is 33.2 Å². The third-order valence-electron chi connectivity index (χ3n) is 8.57. The fourth-order valence-corrected chi connectivity index (χ4v) is 5.37. The van der Waals surface area contributed by atoms with E-state index in [4.69, 9.17) is 48.0 Å². The van der Waals surface area contributed by atoms with Gasteiger partial charge < -0.3 is 48.0 Å². The maximum atomic E-state index is 13.5. The van der Waals surface area contributed by atoms with Crippen LogP contribution in [0.4, 0.5) is 0 Å². The molecule has 0 fully saturated rings. The maximum Gasteiger partial charge on any atom is 0.343 e. The summed E-state index contributed by atoms with van der Waals surface area (Å²) in [6.07, 6.45) is 7.39. The van der Waals surface area contributed by atoms with Crippen LogP contribution in [0.15, 0.2) is 105 Å². The van der Waals surface area contributed by atoms with E-state index >= 15 is 0 Å². The van der Waals surface area contributed by atoms with Crippen LogP contribution in [0.2, 0.25) is 0 Å². The Hall–Kier alpha value is -7.49. The van der Waals surface area contributed by atoms with Crippen molar-refractivity contribution < 1.29 is 71.4 Å². The molecule has 0 aliphatic rings. The molecule has 0 radical (unpaired) electrons. The average Bonchev–Trinajstić information content (AvgIpc) is 3.30. The topological polar surface area (TPSA) is 209 Å². The number of esters is 6. The lowest BCUT2D eigenvalue weighted by Gasteiger charge is -2.18. The first-order valence-corrected chi connectivity index (χ1v) is 19.8. The molecule has 16 nitrogen and oxygen atoms in total. The Morgan fingerprint density at radius 1 is 0.524 bits per heavy atom. The third kappa shape index (κ3) is 17.6. The number of rotatable bonds is 29. The van der Waals surface area contributed by atoms with E-state index in [1.165, 1.54) is 42.5 Å². The number of benzene rings is 3. The van der Waals surface area contributed by atoms with Gasteiger partial charge in [-0.2, -0.15) is 0 Å². The van der Waals surface area contributed by atoms with E-state index in [-0.39, 0.29) is 91.9 Å². The Kier molecular flexibility index (Phi) is 21.7. The van der Waals surface area contributed by atoms with Crippen LogP contribution in [0.5, 0.6) is 28.7 Å². The van der Waals surface area contributed by atoms with Gasteiger partial charge in [0, 0.05) is 55.3 Å². The second-order valence-electron chi connectivity index (χ2n) is 13.2. The van der Waals surface area contributed by atoms with Crippen molar-refractivity contribution in [3.05, 3.63) is 127 Å². The Morgan fingerprint density at radius 2 is 0.968 bits per heavy atom. The molecule has 3 aromatic carbocycles. The largest absolute Gasteiger partial charge is 0.493 e. The molecule has 16 heteroatoms. The molecule has 0 saturated carbocycles. The van der Waals surface area contributed by atoms with Crippen molar-refractivity contribution in [1.82, 2.24) is 0 Å². The normalized spacial score (nSPS) is 10.7. The molecule has 0 bridgehead atoms. The average molecular weight is 870 g/mol. The van der Waals surface area contributed by atoms with Crippen molar-refractivity contribution in [2.75, 3.05) is 46.2 Å². The first-order chi connectivity index (χ1) is 30.4. The minimum atomic E-state index is -0.795. The van der Waals surface area contributed by atoms with Gasteiger partial charge in [-0.25, -0.2) is 28.8 Å². The first-order valence-electron chi connectivity index (χ1n) is 19.8. The molecule has 3 aromatic rings. The van der Waals surface area contributed by atoms with Gasteiger partial charge in [0.1, 0.15) is 17.2 Å². The lowest BCUT2D eigenvalue weighted by molar-refractivity contribution is -0.138. The molecule has 0 spiro atoms. The summed E-state index contributed by atoms with van der Waals surface area (Å²) in [4.78, 5) is 72.4. The molecule has 1 atom stereocenters. The Balaban J connectivity index is 1.74. The molecule has 334 valence electrons. The zero-order valence-corrected chi connectivity index (χ0v) is 35.1. The van der Waals surface area contributed by atoms with E-state index in [0.29, 0.717) is 43.4 Å². The number of hydrogen-bond acceptors (Lipinski definition) is 16. The smallest absolute Gasteiger partial charge is 0.343 e. The van der Waals surface area contributed by atoms with Crippen molar-refractivity contribution in [2.45, 2.75) is 44.9 Å². The fraction of sp³-hybridized carbons (Fsp3) is 0.298. The van der Waals surface area contributed by atoms with Gasteiger partial charge in [0.2, 0.25) is 0 Å². The quantitative estimate of drug-likeness (QED) is 0.0182. The molecule has 1 N–H and O–H groups in total. The number of carbonyl (C=O) groups is 6. The van der Waals surface area contributed by atoms with E-state index < -0.39 is 35.8 Å². The summed E-state index contributed by atoms with van der Waals surface area (Å²) in [7, 11) is 0. The maximum absolute atomic E-state index is 13.5. The number of nitrogens with one attached hydrogen (secondary N) is 1. The first kappa shape index (κ1) is 49.9. The number of ether oxygens (including phenoxy) is 9. The highest BCUT2D eigenvalue weighted by Gasteiger charge is 2.20. The monoisotopic (exact) mass is 869 g/mol. The molecule has 0 amide bonds. The van der Waals surface area contributed by atoms with Gasteiger partial charge in [0.15, 0.2) is 11.5 Å². The molecule has 0 heterocycles. The number of carbonyl (C=O) groups excluding carboxylic acids is 6. The number of hydrogen-bond donors (Lipinski definition) is 1. The minimum Gasteiger partial charge on any atom is -0.493 e. The van der Waals surface area contributed by atoms with Crippen molar-refractivity contribution in [3.63, 3.8) is 0 Å². The summed E-state index contributed by atoms with van der Waals surface area (Å²) in [5.74, 6) is -2.80.